The Bertz CT molecular complexity index is 526. The van der Waals surface area contributed by atoms with Crippen LogP contribution in [0, 0.1) is 0 Å². The third-order valence-corrected chi connectivity index (χ3v) is 4.95. The molecule has 6 nitrogen and oxygen atoms in total. The van der Waals surface area contributed by atoms with E-state index in [0.717, 1.165) is 57.9 Å². The first-order chi connectivity index (χ1) is 12.8. The Morgan fingerprint density at radius 3 is 2.65 bits per heavy atom. The molecule has 0 N–H and O–H groups in total. The third-order valence-electron chi connectivity index (χ3n) is 4.95. The van der Waals surface area contributed by atoms with E-state index in [2.05, 4.69) is 4.90 Å². The van der Waals surface area contributed by atoms with Gasteiger partial charge in [0.05, 0.1) is 12.7 Å². The molecule has 0 aromatic heterocycles. The van der Waals surface area contributed by atoms with Crippen LogP contribution in [0.5, 0.6) is 5.75 Å². The predicted molar refractivity (Wildman–Crippen MR) is 99.4 cm³/mol. The Labute approximate surface area is 156 Å². The molecule has 26 heavy (non-hydrogen) atoms. The van der Waals surface area contributed by atoms with Gasteiger partial charge >= 0.3 is 0 Å². The van der Waals surface area contributed by atoms with Crippen LogP contribution in [0.15, 0.2) is 30.3 Å². The second kappa shape index (κ2) is 10.5. The first-order valence-electron chi connectivity index (χ1n) is 9.68. The van der Waals surface area contributed by atoms with Crippen molar-refractivity contribution >= 4 is 5.91 Å². The fraction of sp³-hybridized carbons (Fsp3) is 0.650. The van der Waals surface area contributed by atoms with Gasteiger partial charge in [-0.1, -0.05) is 18.2 Å². The van der Waals surface area contributed by atoms with Crippen LogP contribution in [0.4, 0.5) is 0 Å². The zero-order chi connectivity index (χ0) is 18.0. The second-order valence-electron chi connectivity index (χ2n) is 6.89. The van der Waals surface area contributed by atoms with Crippen molar-refractivity contribution in [3.8, 4) is 5.75 Å². The lowest BCUT2D eigenvalue weighted by Crippen LogP contribution is -2.50. The van der Waals surface area contributed by atoms with E-state index < -0.39 is 0 Å². The fourth-order valence-corrected chi connectivity index (χ4v) is 3.34. The lowest BCUT2D eigenvalue weighted by Gasteiger charge is -2.34. The summed E-state index contributed by atoms with van der Waals surface area (Å²) in [6, 6.07) is 9.86. The predicted octanol–water partition coefficient (Wildman–Crippen LogP) is 1.80. The van der Waals surface area contributed by atoms with Crippen molar-refractivity contribution in [2.75, 3.05) is 59.2 Å². The third kappa shape index (κ3) is 6.27. The maximum atomic E-state index is 12.3. The normalized spacial score (nSPS) is 21.5. The number of carbonyl (C=O) groups is 1. The van der Waals surface area contributed by atoms with Gasteiger partial charge in [0.1, 0.15) is 19.0 Å². The Morgan fingerprint density at radius 1 is 1.12 bits per heavy atom. The smallest absolute Gasteiger partial charge is 0.248 e. The van der Waals surface area contributed by atoms with Crippen LogP contribution in [-0.4, -0.2) is 81.0 Å². The standard InChI is InChI=1S/C20H30N2O4/c23-20(17-24-16-19-8-4-5-14-25-19)22-11-9-21(10-12-22)13-15-26-18-6-2-1-3-7-18/h1-3,6-7,19H,4-5,8-17H2/t19-/m1/s1. The zero-order valence-electron chi connectivity index (χ0n) is 15.5. The molecule has 144 valence electrons. The molecule has 3 rings (SSSR count). The first-order valence-corrected chi connectivity index (χ1v) is 9.68. The van der Waals surface area contributed by atoms with E-state index in [1.807, 2.05) is 35.2 Å². The molecule has 1 atom stereocenters. The van der Waals surface area contributed by atoms with E-state index >= 15 is 0 Å². The molecule has 2 aliphatic heterocycles. The van der Waals surface area contributed by atoms with Crippen LogP contribution in [-0.2, 0) is 14.3 Å². The van der Waals surface area contributed by atoms with Crippen molar-refractivity contribution in [3.63, 3.8) is 0 Å². The molecule has 1 amide bonds. The Hall–Kier alpha value is -1.63. The molecule has 0 radical (unpaired) electrons. The maximum Gasteiger partial charge on any atom is 0.248 e. The van der Waals surface area contributed by atoms with Crippen molar-refractivity contribution in [3.05, 3.63) is 30.3 Å². The molecule has 0 saturated carbocycles. The summed E-state index contributed by atoms with van der Waals surface area (Å²) in [5.74, 6) is 0.987. The van der Waals surface area contributed by atoms with E-state index in [-0.39, 0.29) is 18.6 Å². The van der Waals surface area contributed by atoms with Crippen molar-refractivity contribution in [2.24, 2.45) is 0 Å². The molecule has 2 saturated heterocycles. The summed E-state index contributed by atoms with van der Waals surface area (Å²) in [4.78, 5) is 16.5. The molecule has 2 heterocycles. The second-order valence-corrected chi connectivity index (χ2v) is 6.89. The van der Waals surface area contributed by atoms with Crippen LogP contribution in [0.1, 0.15) is 19.3 Å². The minimum Gasteiger partial charge on any atom is -0.492 e. The molecular formula is C20H30N2O4. The van der Waals surface area contributed by atoms with Crippen LogP contribution in [0.2, 0.25) is 0 Å². The van der Waals surface area contributed by atoms with Gasteiger partial charge in [0.2, 0.25) is 5.91 Å². The number of hydrogen-bond acceptors (Lipinski definition) is 5. The number of para-hydroxylation sites is 1. The number of rotatable bonds is 8. The Balaban J connectivity index is 1.26. The van der Waals surface area contributed by atoms with Crippen molar-refractivity contribution in [1.82, 2.24) is 9.80 Å². The van der Waals surface area contributed by atoms with Gasteiger partial charge in [0, 0.05) is 39.3 Å². The summed E-state index contributed by atoms with van der Waals surface area (Å²) in [6.45, 7) is 6.35. The van der Waals surface area contributed by atoms with E-state index in [1.54, 1.807) is 0 Å². The van der Waals surface area contributed by atoms with Crippen LogP contribution in [0.25, 0.3) is 0 Å². The molecule has 0 bridgehead atoms. The summed E-state index contributed by atoms with van der Waals surface area (Å²) >= 11 is 0. The number of piperazine rings is 1. The number of hydrogen-bond donors (Lipinski definition) is 0. The average Bonchev–Trinajstić information content (AvgIpc) is 2.70. The lowest BCUT2D eigenvalue weighted by molar-refractivity contribution is -0.140. The van der Waals surface area contributed by atoms with E-state index in [9.17, 15) is 4.79 Å². The highest BCUT2D eigenvalue weighted by Crippen LogP contribution is 2.13. The molecule has 0 aliphatic carbocycles. The van der Waals surface area contributed by atoms with Gasteiger partial charge in [0.15, 0.2) is 0 Å². The SMILES string of the molecule is O=C(COC[C@H]1CCCCO1)N1CCN(CCOc2ccccc2)CC1. The number of amides is 1. The summed E-state index contributed by atoms with van der Waals surface area (Å²) in [5.41, 5.74) is 0. The Morgan fingerprint density at radius 2 is 1.92 bits per heavy atom. The van der Waals surface area contributed by atoms with Crippen LogP contribution < -0.4 is 4.74 Å². The first kappa shape index (κ1) is 19.1. The quantitative estimate of drug-likeness (QED) is 0.706. The summed E-state index contributed by atoms with van der Waals surface area (Å²) < 4.78 is 16.9. The molecule has 1 aromatic rings. The molecule has 0 unspecified atom stereocenters. The zero-order valence-corrected chi connectivity index (χ0v) is 15.5. The highest BCUT2D eigenvalue weighted by Gasteiger charge is 2.21. The van der Waals surface area contributed by atoms with Gasteiger partial charge in [-0.25, -0.2) is 0 Å². The number of nitrogens with zero attached hydrogens (tertiary/aromatic N) is 2. The molecular weight excluding hydrogens is 332 g/mol. The van der Waals surface area contributed by atoms with Gasteiger partial charge in [0.25, 0.3) is 0 Å². The van der Waals surface area contributed by atoms with E-state index in [4.69, 9.17) is 14.2 Å². The largest absolute Gasteiger partial charge is 0.492 e. The van der Waals surface area contributed by atoms with E-state index in [1.165, 1.54) is 6.42 Å². The summed E-state index contributed by atoms with van der Waals surface area (Å²) in [6.07, 6.45) is 3.53. The van der Waals surface area contributed by atoms with Crippen molar-refractivity contribution in [1.29, 1.82) is 0 Å². The average molecular weight is 362 g/mol. The Kier molecular flexibility index (Phi) is 7.73. The van der Waals surface area contributed by atoms with Gasteiger partial charge in [-0.3, -0.25) is 9.69 Å². The van der Waals surface area contributed by atoms with Gasteiger partial charge in [-0.15, -0.1) is 0 Å². The highest BCUT2D eigenvalue weighted by molar-refractivity contribution is 5.77. The molecule has 2 fully saturated rings. The maximum absolute atomic E-state index is 12.3. The van der Waals surface area contributed by atoms with Crippen molar-refractivity contribution < 1.29 is 19.0 Å². The molecule has 2 aliphatic rings. The van der Waals surface area contributed by atoms with Crippen molar-refractivity contribution in [2.45, 2.75) is 25.4 Å². The molecule has 0 spiro atoms. The van der Waals surface area contributed by atoms with Gasteiger partial charge in [-0.05, 0) is 31.4 Å². The van der Waals surface area contributed by atoms with Crippen LogP contribution in [0.3, 0.4) is 0 Å². The highest BCUT2D eigenvalue weighted by atomic mass is 16.5. The minimum absolute atomic E-state index is 0.0843. The molecule has 6 heteroatoms. The minimum atomic E-state index is 0.0843. The molecule has 1 aromatic carbocycles. The number of ether oxygens (including phenoxy) is 3. The monoisotopic (exact) mass is 362 g/mol. The fourth-order valence-electron chi connectivity index (χ4n) is 3.34. The van der Waals surface area contributed by atoms with Gasteiger partial charge in [-0.2, -0.15) is 0 Å². The topological polar surface area (TPSA) is 51.2 Å². The number of benzene rings is 1. The summed E-state index contributed by atoms with van der Waals surface area (Å²) in [7, 11) is 0. The van der Waals surface area contributed by atoms with Gasteiger partial charge < -0.3 is 19.1 Å². The summed E-state index contributed by atoms with van der Waals surface area (Å²) in [5, 5.41) is 0. The van der Waals surface area contributed by atoms with E-state index in [0.29, 0.717) is 13.2 Å². The van der Waals surface area contributed by atoms with Crippen LogP contribution >= 0.6 is 0 Å². The lowest BCUT2D eigenvalue weighted by atomic mass is 10.1. The number of carbonyl (C=O) groups excluding carboxylic acids is 1.